The summed E-state index contributed by atoms with van der Waals surface area (Å²) in [5.74, 6) is 1.88. The van der Waals surface area contributed by atoms with Crippen LogP contribution in [-0.2, 0) is 38.0 Å². The minimum absolute atomic E-state index is 0.0876. The molecule has 4 bridgehead atoms. The molecule has 6 heteroatoms. The number of aromatic hydroxyl groups is 2. The minimum Gasteiger partial charge on any atom is -0.508 e. The number of benzene rings is 6. The van der Waals surface area contributed by atoms with E-state index in [1.54, 1.807) is 6.07 Å². The maximum atomic E-state index is 12.0. The van der Waals surface area contributed by atoms with Gasteiger partial charge in [-0.2, -0.15) is 0 Å². The van der Waals surface area contributed by atoms with Gasteiger partial charge in [0.25, 0.3) is 0 Å². The predicted molar refractivity (Wildman–Crippen MR) is 205 cm³/mol. The summed E-state index contributed by atoms with van der Waals surface area (Å²) in [6.07, 6.45) is 0.807. The third-order valence-electron chi connectivity index (χ3n) is 12.1. The largest absolute Gasteiger partial charge is 0.508 e. The summed E-state index contributed by atoms with van der Waals surface area (Å²) in [5, 5.41) is 23.6. The molecule has 1 fully saturated rings. The van der Waals surface area contributed by atoms with E-state index < -0.39 is 5.41 Å². The highest BCUT2D eigenvalue weighted by Gasteiger charge is 2.71. The number of nitrogens with zero attached hydrogens (tertiary/aromatic N) is 2. The van der Waals surface area contributed by atoms with E-state index in [4.69, 9.17) is 9.47 Å². The van der Waals surface area contributed by atoms with Crippen LogP contribution in [0, 0.1) is 0 Å². The molecule has 3 heterocycles. The molecular formula is C47H42N2O4. The summed E-state index contributed by atoms with van der Waals surface area (Å²) in [5.41, 5.74) is 8.03. The van der Waals surface area contributed by atoms with Gasteiger partial charge in [-0.1, -0.05) is 127 Å². The molecule has 0 saturated heterocycles. The van der Waals surface area contributed by atoms with Gasteiger partial charge < -0.3 is 19.7 Å². The van der Waals surface area contributed by atoms with Crippen molar-refractivity contribution in [3.8, 4) is 23.0 Å². The van der Waals surface area contributed by atoms with E-state index in [9.17, 15) is 10.2 Å². The van der Waals surface area contributed by atoms with Crippen LogP contribution in [0.4, 0.5) is 0 Å². The Morgan fingerprint density at radius 2 is 1.11 bits per heavy atom. The molecule has 3 unspecified atom stereocenters. The van der Waals surface area contributed by atoms with Gasteiger partial charge in [-0.15, -0.1) is 0 Å². The first-order valence-electron chi connectivity index (χ1n) is 18.8. The second-order valence-electron chi connectivity index (χ2n) is 15.2. The number of phenols is 2. The molecular weight excluding hydrogens is 657 g/mol. The zero-order chi connectivity index (χ0) is 35.5. The average Bonchev–Trinajstić information content (AvgIpc) is 3.57. The van der Waals surface area contributed by atoms with Crippen molar-refractivity contribution < 1.29 is 19.7 Å². The van der Waals surface area contributed by atoms with Gasteiger partial charge in [0.15, 0.2) is 0 Å². The zero-order valence-electron chi connectivity index (χ0n) is 29.5. The van der Waals surface area contributed by atoms with Crippen LogP contribution in [0.3, 0.4) is 0 Å². The summed E-state index contributed by atoms with van der Waals surface area (Å²) in [4.78, 5) is 5.03. The highest BCUT2D eigenvalue weighted by molar-refractivity contribution is 5.65. The highest BCUT2D eigenvalue weighted by Crippen LogP contribution is 2.68. The quantitative estimate of drug-likeness (QED) is 0.149. The summed E-state index contributed by atoms with van der Waals surface area (Å²) >= 11 is 0. The van der Waals surface area contributed by atoms with Crippen molar-refractivity contribution in [2.24, 2.45) is 0 Å². The number of hydrogen-bond donors (Lipinski definition) is 2. The fourth-order valence-corrected chi connectivity index (χ4v) is 9.70. The van der Waals surface area contributed by atoms with E-state index in [1.807, 2.05) is 18.2 Å². The zero-order valence-corrected chi connectivity index (χ0v) is 29.5. The van der Waals surface area contributed by atoms with Crippen molar-refractivity contribution in [2.45, 2.75) is 68.7 Å². The van der Waals surface area contributed by atoms with Crippen molar-refractivity contribution in [3.05, 3.63) is 190 Å². The molecule has 6 nitrogen and oxygen atoms in total. The average molecular weight is 699 g/mol. The van der Waals surface area contributed by atoms with E-state index in [2.05, 4.69) is 131 Å². The van der Waals surface area contributed by atoms with Gasteiger partial charge in [0.1, 0.15) is 35.2 Å². The van der Waals surface area contributed by atoms with Gasteiger partial charge >= 0.3 is 0 Å². The Kier molecular flexibility index (Phi) is 7.78. The van der Waals surface area contributed by atoms with Crippen molar-refractivity contribution in [1.82, 2.24) is 9.80 Å². The first kappa shape index (κ1) is 32.1. The lowest BCUT2D eigenvalue weighted by Gasteiger charge is -2.61. The molecule has 1 saturated carbocycles. The van der Waals surface area contributed by atoms with Gasteiger partial charge in [0, 0.05) is 61.9 Å². The molecule has 1 spiro atoms. The van der Waals surface area contributed by atoms with Gasteiger partial charge in [0.05, 0.1) is 11.0 Å². The molecule has 2 N–H and O–H groups in total. The standard InChI is InChI=1S/C47H42N2O4/c50-39-22-21-37-45-44(39)38(48(27-31-13-5-1-6-14-31)28-32-15-7-2-8-16-32)24-35-23-36-41(25-40(35)51)52-43-26-42(47(37,43)46(36)53-45)49(29-33-17-9-3-10-18-33)30-34-19-11-4-12-20-34/h1-23,25,38,42-43,46,50-51H,24,26-30H2/t38?,42?,43-,46?,47-/m0/s1. The lowest BCUT2D eigenvalue weighted by molar-refractivity contribution is -0.131. The maximum Gasteiger partial charge on any atom is 0.142 e. The third kappa shape index (κ3) is 5.31. The van der Waals surface area contributed by atoms with Crippen LogP contribution in [0.15, 0.2) is 146 Å². The van der Waals surface area contributed by atoms with Crippen LogP contribution in [0.2, 0.25) is 0 Å². The Hall–Kier alpha value is -5.56. The van der Waals surface area contributed by atoms with E-state index in [1.165, 1.54) is 22.3 Å². The third-order valence-corrected chi connectivity index (χ3v) is 12.1. The topological polar surface area (TPSA) is 65.4 Å². The monoisotopic (exact) mass is 698 g/mol. The lowest BCUT2D eigenvalue weighted by Crippen LogP contribution is -2.71. The number of fused-ring (bicyclic) bond motifs is 1. The molecule has 4 aliphatic rings. The van der Waals surface area contributed by atoms with Crippen molar-refractivity contribution in [3.63, 3.8) is 0 Å². The summed E-state index contributed by atoms with van der Waals surface area (Å²) in [7, 11) is 0. The van der Waals surface area contributed by atoms with E-state index in [-0.39, 0.29) is 35.8 Å². The van der Waals surface area contributed by atoms with Crippen molar-refractivity contribution >= 4 is 0 Å². The smallest absolute Gasteiger partial charge is 0.142 e. The SMILES string of the molecule is Oc1cc2c3cc1CC(N(Cc1ccccc1)Cc1ccccc1)c1c(O)ccc4c1OC3[C@]41C(N(Cc3ccccc3)Cc3ccccc3)C[C@@H]1O2. The van der Waals surface area contributed by atoms with Crippen LogP contribution in [0.5, 0.6) is 23.0 Å². The first-order chi connectivity index (χ1) is 26.1. The molecule has 6 aromatic rings. The molecule has 10 rings (SSSR count). The van der Waals surface area contributed by atoms with Gasteiger partial charge in [0.2, 0.25) is 0 Å². The number of rotatable bonds is 10. The van der Waals surface area contributed by atoms with Crippen LogP contribution < -0.4 is 9.47 Å². The Morgan fingerprint density at radius 1 is 0.585 bits per heavy atom. The molecule has 0 amide bonds. The molecule has 0 radical (unpaired) electrons. The second kappa shape index (κ2) is 12.8. The van der Waals surface area contributed by atoms with Crippen LogP contribution in [0.25, 0.3) is 0 Å². The van der Waals surface area contributed by atoms with Crippen LogP contribution >= 0.6 is 0 Å². The summed E-state index contributed by atoms with van der Waals surface area (Å²) in [6, 6.07) is 50.1. The highest BCUT2D eigenvalue weighted by atomic mass is 16.5. The summed E-state index contributed by atoms with van der Waals surface area (Å²) in [6.45, 7) is 2.86. The Bertz CT molecular complexity index is 2180. The fraction of sp³-hybridized carbons (Fsp3) is 0.234. The Morgan fingerprint density at radius 3 is 1.66 bits per heavy atom. The molecule has 6 aromatic carbocycles. The van der Waals surface area contributed by atoms with E-state index >= 15 is 0 Å². The predicted octanol–water partition coefficient (Wildman–Crippen LogP) is 9.00. The van der Waals surface area contributed by atoms with Gasteiger partial charge in [-0.3, -0.25) is 9.80 Å². The van der Waals surface area contributed by atoms with Crippen molar-refractivity contribution in [2.75, 3.05) is 0 Å². The van der Waals surface area contributed by atoms with E-state index in [0.29, 0.717) is 25.3 Å². The maximum absolute atomic E-state index is 12.0. The molecule has 264 valence electrons. The molecule has 0 aromatic heterocycles. The number of phenolic OH excluding ortho intramolecular Hbond substituents is 2. The molecule has 1 aliphatic carbocycles. The van der Waals surface area contributed by atoms with Crippen molar-refractivity contribution in [1.29, 1.82) is 0 Å². The lowest BCUT2D eigenvalue weighted by atomic mass is 9.53. The van der Waals surface area contributed by atoms with Gasteiger partial charge in [-0.05, 0) is 46.4 Å². The second-order valence-corrected chi connectivity index (χ2v) is 15.2. The van der Waals surface area contributed by atoms with E-state index in [0.717, 1.165) is 47.5 Å². The fourth-order valence-electron chi connectivity index (χ4n) is 9.70. The molecule has 5 atom stereocenters. The Balaban J connectivity index is 1.15. The Labute approximate surface area is 310 Å². The molecule has 53 heavy (non-hydrogen) atoms. The normalized spacial score (nSPS) is 23.0. The molecule has 3 aliphatic heterocycles. The minimum atomic E-state index is -0.520. The van der Waals surface area contributed by atoms with Gasteiger partial charge in [-0.25, -0.2) is 0 Å². The van der Waals surface area contributed by atoms with Crippen LogP contribution in [0.1, 0.15) is 63.1 Å². The first-order valence-corrected chi connectivity index (χ1v) is 18.8. The number of ether oxygens (including phenoxy) is 2. The van der Waals surface area contributed by atoms with Crippen LogP contribution in [-0.4, -0.2) is 32.2 Å². The summed E-state index contributed by atoms with van der Waals surface area (Å²) < 4.78 is 14.2. The number of hydrogen-bond acceptors (Lipinski definition) is 6.